The van der Waals surface area contributed by atoms with Gasteiger partial charge in [-0.15, -0.1) is 12.4 Å². The molecule has 3 rings (SSSR count). The predicted molar refractivity (Wildman–Crippen MR) is 111 cm³/mol. The maximum Gasteiger partial charge on any atom is 0.257 e. The van der Waals surface area contributed by atoms with Crippen LogP contribution in [0.25, 0.3) is 0 Å². The molecule has 2 N–H and O–H groups in total. The lowest BCUT2D eigenvalue weighted by Gasteiger charge is -2.38. The number of piperidine rings is 1. The molecule has 7 heteroatoms. The van der Waals surface area contributed by atoms with Crippen molar-refractivity contribution in [3.8, 4) is 0 Å². The van der Waals surface area contributed by atoms with Crippen molar-refractivity contribution < 1.29 is 14.0 Å². The normalized spacial score (nSPS) is 14.4. The molecule has 152 valence electrons. The third-order valence-corrected chi connectivity index (χ3v) is 5.04. The number of hydrogen-bond donors (Lipinski definition) is 1. The number of carbonyl (C=O) groups is 2. The van der Waals surface area contributed by atoms with E-state index in [-0.39, 0.29) is 36.8 Å². The lowest BCUT2D eigenvalue weighted by atomic mass is 10.0. The van der Waals surface area contributed by atoms with Crippen molar-refractivity contribution in [1.29, 1.82) is 0 Å². The number of nitrogens with zero attached hydrogens (tertiary/aromatic N) is 2. The molecule has 1 fully saturated rings. The Balaban J connectivity index is 0.00000280. The molecule has 2 heterocycles. The van der Waals surface area contributed by atoms with E-state index in [9.17, 15) is 9.59 Å². The van der Waals surface area contributed by atoms with Crippen molar-refractivity contribution in [3.63, 3.8) is 0 Å². The maximum absolute atomic E-state index is 12.9. The van der Waals surface area contributed by atoms with Gasteiger partial charge in [0.25, 0.3) is 11.8 Å². The van der Waals surface area contributed by atoms with Gasteiger partial charge in [0.1, 0.15) is 12.0 Å². The molecule has 1 aromatic carbocycles. The van der Waals surface area contributed by atoms with Gasteiger partial charge in [0.05, 0.1) is 12.1 Å². The van der Waals surface area contributed by atoms with Crippen molar-refractivity contribution >= 4 is 24.2 Å². The molecule has 0 spiro atoms. The first kappa shape index (κ1) is 22.0. The van der Waals surface area contributed by atoms with E-state index in [1.807, 2.05) is 40.1 Å². The summed E-state index contributed by atoms with van der Waals surface area (Å²) < 4.78 is 5.32. The van der Waals surface area contributed by atoms with E-state index in [1.54, 1.807) is 6.07 Å². The van der Waals surface area contributed by atoms with Gasteiger partial charge < -0.3 is 20.0 Å². The first-order valence-electron chi connectivity index (χ1n) is 9.56. The van der Waals surface area contributed by atoms with Gasteiger partial charge in [-0.2, -0.15) is 0 Å². The first-order chi connectivity index (χ1) is 13.1. The van der Waals surface area contributed by atoms with Gasteiger partial charge >= 0.3 is 0 Å². The molecule has 2 amide bonds. The van der Waals surface area contributed by atoms with Crippen molar-refractivity contribution in [2.75, 3.05) is 19.6 Å². The highest BCUT2D eigenvalue weighted by molar-refractivity contribution is 5.95. The van der Waals surface area contributed by atoms with Crippen LogP contribution in [0.5, 0.6) is 0 Å². The fourth-order valence-electron chi connectivity index (χ4n) is 3.60. The Bertz CT molecular complexity index is 770. The minimum Gasteiger partial charge on any atom is -0.467 e. The molecule has 1 saturated heterocycles. The third-order valence-electron chi connectivity index (χ3n) is 5.04. The second-order valence-corrected chi connectivity index (χ2v) is 6.89. The average Bonchev–Trinajstić information content (AvgIpc) is 3.21. The molecule has 1 aliphatic heterocycles. The standard InChI is InChI=1S/C21H27N3O3.ClH/c1-2-10-24(21(26)17-13-19(14-22)27-15-17)18-8-11-23(12-9-18)20(25)16-6-4-3-5-7-16;/h3-7,13,15,18H,2,8-12,14,22H2,1H3;1H. The van der Waals surface area contributed by atoms with E-state index < -0.39 is 0 Å². The SMILES string of the molecule is CCCN(C(=O)c1coc(CN)c1)C1CCN(C(=O)c2ccccc2)CC1.Cl. The predicted octanol–water partition coefficient (Wildman–Crippen LogP) is 3.32. The summed E-state index contributed by atoms with van der Waals surface area (Å²) in [5.74, 6) is 0.649. The second-order valence-electron chi connectivity index (χ2n) is 6.89. The number of likely N-dealkylation sites (tertiary alicyclic amines) is 1. The summed E-state index contributed by atoms with van der Waals surface area (Å²) in [4.78, 5) is 29.4. The van der Waals surface area contributed by atoms with Crippen LogP contribution < -0.4 is 5.73 Å². The summed E-state index contributed by atoms with van der Waals surface area (Å²) >= 11 is 0. The van der Waals surface area contributed by atoms with Crippen LogP contribution in [0.2, 0.25) is 0 Å². The molecular weight excluding hydrogens is 378 g/mol. The fraction of sp³-hybridized carbons (Fsp3) is 0.429. The quantitative estimate of drug-likeness (QED) is 0.799. The summed E-state index contributed by atoms with van der Waals surface area (Å²) in [6.07, 6.45) is 3.94. The van der Waals surface area contributed by atoms with Crippen LogP contribution >= 0.6 is 12.4 Å². The molecule has 0 bridgehead atoms. The van der Waals surface area contributed by atoms with Crippen molar-refractivity contribution in [1.82, 2.24) is 9.80 Å². The molecule has 2 aromatic rings. The van der Waals surface area contributed by atoms with Gasteiger partial charge in [0, 0.05) is 31.2 Å². The Labute approximate surface area is 172 Å². The van der Waals surface area contributed by atoms with Gasteiger partial charge in [-0.05, 0) is 37.5 Å². The molecule has 1 aromatic heterocycles. The number of carbonyl (C=O) groups excluding carboxylic acids is 2. The largest absolute Gasteiger partial charge is 0.467 e. The Morgan fingerprint density at radius 3 is 2.43 bits per heavy atom. The van der Waals surface area contributed by atoms with Crippen LogP contribution in [-0.2, 0) is 6.54 Å². The fourth-order valence-corrected chi connectivity index (χ4v) is 3.60. The van der Waals surface area contributed by atoms with E-state index >= 15 is 0 Å². The van der Waals surface area contributed by atoms with Crippen LogP contribution in [0.15, 0.2) is 47.1 Å². The average molecular weight is 406 g/mol. The van der Waals surface area contributed by atoms with Crippen LogP contribution in [0.1, 0.15) is 52.7 Å². The molecule has 0 saturated carbocycles. The third kappa shape index (κ3) is 4.94. The Kier molecular flexibility index (Phi) is 8.08. The van der Waals surface area contributed by atoms with Gasteiger partial charge in [0.15, 0.2) is 0 Å². The second kappa shape index (κ2) is 10.3. The number of amides is 2. The van der Waals surface area contributed by atoms with Crippen LogP contribution in [-0.4, -0.2) is 47.3 Å². The molecule has 0 radical (unpaired) electrons. The number of rotatable bonds is 6. The summed E-state index contributed by atoms with van der Waals surface area (Å²) in [6, 6.07) is 11.2. The van der Waals surface area contributed by atoms with Crippen molar-refractivity contribution in [2.24, 2.45) is 5.73 Å². The van der Waals surface area contributed by atoms with Gasteiger partial charge in [-0.1, -0.05) is 25.1 Å². The van der Waals surface area contributed by atoms with Crippen LogP contribution in [0, 0.1) is 0 Å². The molecule has 1 aliphatic rings. The van der Waals surface area contributed by atoms with Crippen LogP contribution in [0.3, 0.4) is 0 Å². The Hall–Kier alpha value is -2.31. The van der Waals surface area contributed by atoms with E-state index in [1.165, 1.54) is 6.26 Å². The lowest BCUT2D eigenvalue weighted by molar-refractivity contribution is 0.0519. The minimum atomic E-state index is -0.0202. The van der Waals surface area contributed by atoms with Gasteiger partial charge in [-0.3, -0.25) is 9.59 Å². The highest BCUT2D eigenvalue weighted by atomic mass is 35.5. The van der Waals surface area contributed by atoms with Crippen molar-refractivity contribution in [3.05, 3.63) is 59.5 Å². The van der Waals surface area contributed by atoms with E-state index in [2.05, 4.69) is 6.92 Å². The summed E-state index contributed by atoms with van der Waals surface area (Å²) in [6.45, 7) is 4.35. The molecule has 0 atom stereocenters. The Morgan fingerprint density at radius 2 is 1.86 bits per heavy atom. The highest BCUT2D eigenvalue weighted by Crippen LogP contribution is 2.22. The monoisotopic (exact) mass is 405 g/mol. The summed E-state index contributed by atoms with van der Waals surface area (Å²) in [7, 11) is 0. The number of nitrogens with two attached hydrogens (primary N) is 1. The van der Waals surface area contributed by atoms with Gasteiger partial charge in [-0.25, -0.2) is 0 Å². The molecule has 6 nitrogen and oxygen atoms in total. The van der Waals surface area contributed by atoms with E-state index in [4.69, 9.17) is 10.2 Å². The number of hydrogen-bond acceptors (Lipinski definition) is 4. The van der Waals surface area contributed by atoms with Crippen molar-refractivity contribution in [2.45, 2.75) is 38.8 Å². The number of furan rings is 1. The van der Waals surface area contributed by atoms with Gasteiger partial charge in [0.2, 0.25) is 0 Å². The zero-order chi connectivity index (χ0) is 19.2. The smallest absolute Gasteiger partial charge is 0.257 e. The zero-order valence-corrected chi connectivity index (χ0v) is 17.0. The molecular formula is C21H28ClN3O3. The van der Waals surface area contributed by atoms with E-state index in [0.717, 1.165) is 19.3 Å². The van der Waals surface area contributed by atoms with Crippen LogP contribution in [0.4, 0.5) is 0 Å². The highest BCUT2D eigenvalue weighted by Gasteiger charge is 2.30. The lowest BCUT2D eigenvalue weighted by Crippen LogP contribution is -2.49. The topological polar surface area (TPSA) is 79.8 Å². The summed E-state index contributed by atoms with van der Waals surface area (Å²) in [5.41, 5.74) is 6.84. The summed E-state index contributed by atoms with van der Waals surface area (Å²) in [5, 5.41) is 0. The van der Waals surface area contributed by atoms with E-state index in [0.29, 0.717) is 36.5 Å². The zero-order valence-electron chi connectivity index (χ0n) is 16.2. The molecule has 0 unspecified atom stereocenters. The maximum atomic E-state index is 12.9. The number of benzene rings is 1. The molecule has 28 heavy (non-hydrogen) atoms. The minimum absolute atomic E-state index is 0. The molecule has 0 aliphatic carbocycles. The Morgan fingerprint density at radius 1 is 1.18 bits per heavy atom. The first-order valence-corrected chi connectivity index (χ1v) is 9.56. The number of halogens is 1.